The highest BCUT2D eigenvalue weighted by Gasteiger charge is 2.25. The van der Waals surface area contributed by atoms with Crippen molar-refractivity contribution in [3.8, 4) is 0 Å². The van der Waals surface area contributed by atoms with Gasteiger partial charge in [0.1, 0.15) is 5.76 Å². The van der Waals surface area contributed by atoms with Crippen LogP contribution in [0.5, 0.6) is 0 Å². The second-order valence-electron chi connectivity index (χ2n) is 9.65. The predicted octanol–water partition coefficient (Wildman–Crippen LogP) is 5.56. The largest absolute Gasteiger partial charge is 0.444 e. The third kappa shape index (κ3) is 6.76. The fourth-order valence-corrected chi connectivity index (χ4v) is 5.61. The van der Waals surface area contributed by atoms with Crippen molar-refractivity contribution in [2.45, 2.75) is 55.0 Å². The lowest BCUT2D eigenvalue weighted by molar-refractivity contribution is -0.111. The lowest BCUT2D eigenvalue weighted by Crippen LogP contribution is -2.45. The standard InChI is InChI=1S/C26H31N5O3S2/c1-5-21(32)29-18-9-6-8-17(12-18)24(33)31-11-7-10-19(15-31)30-25-28-14-23(36-25)35-16-22-27-13-20(34-22)26(2,3)4/h5-6,8-9,12-14,19H,1,7,10-11,15-16H2,2-4H3,(H,28,30)(H,29,32)/t19-/m1/s1. The highest BCUT2D eigenvalue weighted by molar-refractivity contribution is 8.00. The fraction of sp³-hybridized carbons (Fsp3) is 0.385. The molecule has 2 amide bonds. The van der Waals surface area contributed by atoms with E-state index in [-0.39, 0.29) is 23.3 Å². The fourth-order valence-electron chi connectivity index (χ4n) is 3.81. The molecule has 0 unspecified atom stereocenters. The Balaban J connectivity index is 1.31. The van der Waals surface area contributed by atoms with Crippen molar-refractivity contribution in [1.29, 1.82) is 0 Å². The van der Waals surface area contributed by atoms with Crippen LogP contribution >= 0.6 is 23.1 Å². The number of oxazole rings is 1. The molecule has 1 aromatic carbocycles. The molecule has 0 saturated carbocycles. The van der Waals surface area contributed by atoms with E-state index in [2.05, 4.69) is 48.0 Å². The molecule has 4 rings (SSSR count). The van der Waals surface area contributed by atoms with Crippen LogP contribution in [0.2, 0.25) is 0 Å². The summed E-state index contributed by atoms with van der Waals surface area (Å²) in [7, 11) is 0. The minimum absolute atomic E-state index is 0.0489. The number of hydrogen-bond acceptors (Lipinski definition) is 8. The van der Waals surface area contributed by atoms with Gasteiger partial charge in [-0.05, 0) is 37.1 Å². The van der Waals surface area contributed by atoms with E-state index in [1.54, 1.807) is 53.6 Å². The molecule has 1 aliphatic rings. The van der Waals surface area contributed by atoms with Crippen LogP contribution in [0.1, 0.15) is 55.6 Å². The van der Waals surface area contributed by atoms with Gasteiger partial charge in [-0.25, -0.2) is 9.97 Å². The lowest BCUT2D eigenvalue weighted by atomic mass is 9.94. The topological polar surface area (TPSA) is 100 Å². The number of nitrogens with zero attached hydrogens (tertiary/aromatic N) is 3. The Bertz CT molecular complexity index is 1230. The number of aromatic nitrogens is 2. The van der Waals surface area contributed by atoms with Crippen molar-refractivity contribution >= 4 is 45.7 Å². The Morgan fingerprint density at radius 2 is 2.14 bits per heavy atom. The highest BCUT2D eigenvalue weighted by Crippen LogP contribution is 2.32. The summed E-state index contributed by atoms with van der Waals surface area (Å²) in [5.74, 6) is 1.89. The number of piperidine rings is 1. The molecule has 3 aromatic rings. The van der Waals surface area contributed by atoms with E-state index in [4.69, 9.17) is 4.42 Å². The second kappa shape index (κ2) is 11.3. The summed E-state index contributed by atoms with van der Waals surface area (Å²) in [4.78, 5) is 35.5. The van der Waals surface area contributed by atoms with E-state index >= 15 is 0 Å². The van der Waals surface area contributed by atoms with Gasteiger partial charge in [0.05, 0.1) is 22.4 Å². The summed E-state index contributed by atoms with van der Waals surface area (Å²) < 4.78 is 6.95. The molecule has 3 heterocycles. The third-order valence-corrected chi connectivity index (χ3v) is 7.82. The monoisotopic (exact) mass is 525 g/mol. The maximum absolute atomic E-state index is 13.1. The quantitative estimate of drug-likeness (QED) is 0.293. The number of amides is 2. The van der Waals surface area contributed by atoms with Crippen LogP contribution in [0.3, 0.4) is 0 Å². The van der Waals surface area contributed by atoms with Crippen LogP contribution < -0.4 is 10.6 Å². The Hall–Kier alpha value is -3.11. The second-order valence-corrected chi connectivity index (χ2v) is 12.0. The molecule has 2 N–H and O–H groups in total. The maximum Gasteiger partial charge on any atom is 0.253 e. The summed E-state index contributed by atoms with van der Waals surface area (Å²) in [6, 6.07) is 7.11. The number of anilines is 2. The Morgan fingerprint density at radius 3 is 2.89 bits per heavy atom. The molecule has 10 heteroatoms. The minimum Gasteiger partial charge on any atom is -0.444 e. The zero-order chi connectivity index (χ0) is 25.7. The number of thioether (sulfide) groups is 1. The van der Waals surface area contributed by atoms with Crippen LogP contribution in [-0.4, -0.2) is 45.8 Å². The number of rotatable bonds is 8. The van der Waals surface area contributed by atoms with Crippen LogP contribution in [-0.2, 0) is 16.0 Å². The Morgan fingerprint density at radius 1 is 1.31 bits per heavy atom. The molecule has 1 saturated heterocycles. The number of benzene rings is 1. The van der Waals surface area contributed by atoms with Crippen molar-refractivity contribution in [1.82, 2.24) is 14.9 Å². The summed E-state index contributed by atoms with van der Waals surface area (Å²) in [5.41, 5.74) is 1.06. The van der Waals surface area contributed by atoms with E-state index in [9.17, 15) is 9.59 Å². The third-order valence-electron chi connectivity index (χ3n) is 5.71. The normalized spacial score (nSPS) is 16.0. The first-order valence-corrected chi connectivity index (χ1v) is 13.6. The first kappa shape index (κ1) is 26.0. The maximum atomic E-state index is 13.1. The average Bonchev–Trinajstić information content (AvgIpc) is 3.52. The van der Waals surface area contributed by atoms with E-state index in [0.717, 1.165) is 27.9 Å². The van der Waals surface area contributed by atoms with Crippen molar-refractivity contribution in [2.75, 3.05) is 23.7 Å². The van der Waals surface area contributed by atoms with Gasteiger partial charge in [-0.1, -0.05) is 44.8 Å². The van der Waals surface area contributed by atoms with E-state index in [1.165, 1.54) is 6.08 Å². The van der Waals surface area contributed by atoms with E-state index < -0.39 is 0 Å². The SMILES string of the molecule is C=CC(=O)Nc1cccc(C(=O)N2CCC[C@@H](Nc3ncc(SCc4ncc(C(C)(C)C)o4)s3)C2)c1. The molecule has 8 nitrogen and oxygen atoms in total. The molecule has 36 heavy (non-hydrogen) atoms. The van der Waals surface area contributed by atoms with Crippen LogP contribution in [0.15, 0.2) is 57.9 Å². The molecule has 0 aliphatic carbocycles. The first-order valence-electron chi connectivity index (χ1n) is 11.8. The summed E-state index contributed by atoms with van der Waals surface area (Å²) >= 11 is 3.24. The van der Waals surface area contributed by atoms with Crippen LogP contribution in [0.25, 0.3) is 0 Å². The van der Waals surface area contributed by atoms with Crippen LogP contribution in [0, 0.1) is 0 Å². The molecular formula is C26H31N5O3S2. The summed E-state index contributed by atoms with van der Waals surface area (Å²) in [6.07, 6.45) is 6.74. The first-order chi connectivity index (χ1) is 17.2. The summed E-state index contributed by atoms with van der Waals surface area (Å²) in [5, 5.41) is 7.04. The van der Waals surface area contributed by atoms with Crippen LogP contribution in [0.4, 0.5) is 10.8 Å². The molecule has 1 atom stereocenters. The van der Waals surface area contributed by atoms with E-state index in [1.807, 2.05) is 11.1 Å². The molecule has 0 spiro atoms. The van der Waals surface area contributed by atoms with Gasteiger partial charge in [-0.3, -0.25) is 9.59 Å². The van der Waals surface area contributed by atoms with Gasteiger partial charge >= 0.3 is 0 Å². The lowest BCUT2D eigenvalue weighted by Gasteiger charge is -2.33. The zero-order valence-corrected chi connectivity index (χ0v) is 22.4. The number of carbonyl (C=O) groups is 2. The molecule has 0 bridgehead atoms. The molecular weight excluding hydrogens is 494 g/mol. The zero-order valence-electron chi connectivity index (χ0n) is 20.7. The van der Waals surface area contributed by atoms with Gasteiger partial charge in [0, 0.05) is 35.8 Å². The molecule has 190 valence electrons. The van der Waals surface area contributed by atoms with E-state index in [0.29, 0.717) is 36.0 Å². The summed E-state index contributed by atoms with van der Waals surface area (Å²) in [6.45, 7) is 11.1. The highest BCUT2D eigenvalue weighted by atomic mass is 32.2. The smallest absolute Gasteiger partial charge is 0.253 e. The molecule has 2 aromatic heterocycles. The number of carbonyl (C=O) groups excluding carboxylic acids is 2. The minimum atomic E-state index is -0.308. The van der Waals surface area contributed by atoms with Gasteiger partial charge in [0.2, 0.25) is 11.8 Å². The Kier molecular flexibility index (Phi) is 8.15. The van der Waals surface area contributed by atoms with Gasteiger partial charge in [-0.15, -0.1) is 11.8 Å². The van der Waals surface area contributed by atoms with Gasteiger partial charge in [-0.2, -0.15) is 0 Å². The molecule has 1 aliphatic heterocycles. The van der Waals surface area contributed by atoms with Crippen molar-refractivity contribution in [3.63, 3.8) is 0 Å². The number of nitrogens with one attached hydrogen (secondary N) is 2. The van der Waals surface area contributed by atoms with Gasteiger partial charge in [0.25, 0.3) is 5.91 Å². The predicted molar refractivity (Wildman–Crippen MR) is 145 cm³/mol. The van der Waals surface area contributed by atoms with Crippen molar-refractivity contribution in [2.24, 2.45) is 0 Å². The number of hydrogen-bond donors (Lipinski definition) is 2. The number of likely N-dealkylation sites (tertiary alicyclic amines) is 1. The Labute approximate surface area is 219 Å². The van der Waals surface area contributed by atoms with Crippen molar-refractivity contribution < 1.29 is 14.0 Å². The molecule has 1 fully saturated rings. The molecule has 0 radical (unpaired) electrons. The van der Waals surface area contributed by atoms with Crippen molar-refractivity contribution in [3.05, 3.63) is 66.5 Å². The number of thiazole rings is 1. The average molecular weight is 526 g/mol. The van der Waals surface area contributed by atoms with Gasteiger partial charge in [0.15, 0.2) is 5.13 Å². The van der Waals surface area contributed by atoms with Gasteiger partial charge < -0.3 is 20.0 Å².